The molecule has 0 spiro atoms. The molecule has 1 rings (SSSR count). The number of nitrogens with two attached hydrogens (primary N) is 1. The molecule has 1 aromatic rings. The molecule has 0 bridgehead atoms. The van der Waals surface area contributed by atoms with E-state index >= 15 is 0 Å². The number of H-pyrrole nitrogens is 1. The van der Waals surface area contributed by atoms with Crippen LogP contribution in [0.15, 0.2) is 4.90 Å². The van der Waals surface area contributed by atoms with Crippen molar-refractivity contribution in [3.05, 3.63) is 11.4 Å². The molecule has 10 heteroatoms. The topological polar surface area (TPSA) is 135 Å². The number of aromatic amines is 1. The van der Waals surface area contributed by atoms with Gasteiger partial charge in [0, 0.05) is 28.9 Å². The number of hydrogen-bond donors (Lipinski definition) is 3. The largest absolute Gasteiger partial charge is 0.350 e. The highest BCUT2D eigenvalue weighted by Crippen LogP contribution is 2.15. The summed E-state index contributed by atoms with van der Waals surface area (Å²) in [5, 5.41) is 13.5. The van der Waals surface area contributed by atoms with Gasteiger partial charge < -0.3 is 5.32 Å². The predicted octanol–water partition coefficient (Wildman–Crippen LogP) is -1.14. The first-order chi connectivity index (χ1) is 8.77. The molecule has 4 N–H and O–H groups in total. The molecular weight excluding hydrogens is 292 g/mol. The third-order valence-electron chi connectivity index (χ3n) is 2.33. The van der Waals surface area contributed by atoms with Gasteiger partial charge in [-0.15, -0.1) is 0 Å². The fraction of sp³-hybridized carbons (Fsp3) is 0.556. The van der Waals surface area contributed by atoms with Gasteiger partial charge in [-0.1, -0.05) is 6.92 Å². The molecular formula is C9H16N4O4S2. The Balaban J connectivity index is 2.82. The Hall–Kier alpha value is -1.26. The summed E-state index contributed by atoms with van der Waals surface area (Å²) in [6.45, 7) is 3.40. The van der Waals surface area contributed by atoms with E-state index in [0.717, 1.165) is 0 Å². The van der Waals surface area contributed by atoms with Gasteiger partial charge in [-0.05, 0) is 6.92 Å². The summed E-state index contributed by atoms with van der Waals surface area (Å²) >= 11 is 0. The number of nitrogens with one attached hydrogen (secondary N) is 2. The fourth-order valence-corrected chi connectivity index (χ4v) is 2.93. The van der Waals surface area contributed by atoms with E-state index in [1.54, 1.807) is 6.92 Å². The maximum atomic E-state index is 11.8. The van der Waals surface area contributed by atoms with Crippen molar-refractivity contribution in [3.63, 3.8) is 0 Å². The van der Waals surface area contributed by atoms with Crippen LogP contribution in [0, 0.1) is 6.92 Å². The Morgan fingerprint density at radius 3 is 2.68 bits per heavy atom. The van der Waals surface area contributed by atoms with E-state index in [0.29, 0.717) is 11.5 Å². The molecule has 0 aliphatic heterocycles. The molecule has 19 heavy (non-hydrogen) atoms. The lowest BCUT2D eigenvalue weighted by Gasteiger charge is -2.04. The van der Waals surface area contributed by atoms with Crippen molar-refractivity contribution in [3.8, 4) is 0 Å². The van der Waals surface area contributed by atoms with Crippen LogP contribution in [-0.4, -0.2) is 46.8 Å². The third-order valence-corrected chi connectivity index (χ3v) is 4.70. The standard InChI is InChI=1S/C9H16N4O4S2/c1-3-18(15)5-4-11-9(14)7-8(19(10,16)17)6(2)12-13-7/h3-5H2,1-2H3,(H,11,14)(H,12,13)(H2,10,16,17). The van der Waals surface area contributed by atoms with Crippen LogP contribution >= 0.6 is 0 Å². The molecule has 8 nitrogen and oxygen atoms in total. The molecule has 1 aromatic heterocycles. The lowest BCUT2D eigenvalue weighted by molar-refractivity contribution is 0.0948. The fourth-order valence-electron chi connectivity index (χ4n) is 1.43. The summed E-state index contributed by atoms with van der Waals surface area (Å²) in [5.74, 6) is 0.136. The number of hydrogen-bond acceptors (Lipinski definition) is 5. The van der Waals surface area contributed by atoms with Gasteiger partial charge in [0.15, 0.2) is 5.69 Å². The first kappa shape index (κ1) is 15.8. The quantitative estimate of drug-likeness (QED) is 0.610. The Morgan fingerprint density at radius 2 is 2.16 bits per heavy atom. The zero-order chi connectivity index (χ0) is 14.6. The number of carbonyl (C=O) groups excluding carboxylic acids is 1. The van der Waals surface area contributed by atoms with Crippen LogP contribution in [-0.2, 0) is 20.8 Å². The lowest BCUT2D eigenvalue weighted by atomic mass is 10.3. The lowest BCUT2D eigenvalue weighted by Crippen LogP contribution is -2.30. The Bertz CT molecular complexity index is 593. The molecule has 0 aliphatic carbocycles. The number of sulfonamides is 1. The van der Waals surface area contributed by atoms with Gasteiger partial charge in [-0.2, -0.15) is 5.10 Å². The minimum atomic E-state index is -4.03. The van der Waals surface area contributed by atoms with Crippen molar-refractivity contribution < 1.29 is 17.4 Å². The van der Waals surface area contributed by atoms with Crippen LogP contribution < -0.4 is 10.5 Å². The van der Waals surface area contributed by atoms with Crippen LogP contribution in [0.1, 0.15) is 23.1 Å². The predicted molar refractivity (Wildman–Crippen MR) is 70.6 cm³/mol. The zero-order valence-corrected chi connectivity index (χ0v) is 12.2. The third kappa shape index (κ3) is 4.11. The van der Waals surface area contributed by atoms with Crippen LogP contribution in [0.5, 0.6) is 0 Å². The second kappa shape index (κ2) is 6.26. The molecule has 0 radical (unpaired) electrons. The Kier molecular flexibility index (Phi) is 5.20. The van der Waals surface area contributed by atoms with Crippen LogP contribution in [0.25, 0.3) is 0 Å². The first-order valence-corrected chi connectivity index (χ1v) is 8.51. The summed E-state index contributed by atoms with van der Waals surface area (Å²) < 4.78 is 33.9. The summed E-state index contributed by atoms with van der Waals surface area (Å²) in [6, 6.07) is 0. The molecule has 1 heterocycles. The van der Waals surface area contributed by atoms with Crippen molar-refractivity contribution in [2.45, 2.75) is 18.7 Å². The molecule has 0 saturated heterocycles. The van der Waals surface area contributed by atoms with Crippen molar-refractivity contribution in [1.29, 1.82) is 0 Å². The summed E-state index contributed by atoms with van der Waals surface area (Å²) in [7, 11) is -5.03. The Labute approximate surface area is 113 Å². The van der Waals surface area contributed by atoms with Crippen molar-refractivity contribution in [1.82, 2.24) is 15.5 Å². The van der Waals surface area contributed by atoms with Gasteiger partial charge in [0.25, 0.3) is 5.91 Å². The molecule has 1 amide bonds. The highest BCUT2D eigenvalue weighted by molar-refractivity contribution is 7.89. The van der Waals surface area contributed by atoms with Crippen molar-refractivity contribution in [2.75, 3.05) is 18.1 Å². The minimum Gasteiger partial charge on any atom is -0.350 e. The van der Waals surface area contributed by atoms with Gasteiger partial charge in [0.05, 0.1) is 5.69 Å². The number of aryl methyl sites for hydroxylation is 1. The van der Waals surface area contributed by atoms with Gasteiger partial charge >= 0.3 is 0 Å². The molecule has 0 aliphatic rings. The van der Waals surface area contributed by atoms with E-state index in [2.05, 4.69) is 15.5 Å². The summed E-state index contributed by atoms with van der Waals surface area (Å²) in [6.07, 6.45) is 0. The van der Waals surface area contributed by atoms with E-state index in [1.807, 2.05) is 0 Å². The molecule has 1 unspecified atom stereocenters. The first-order valence-electron chi connectivity index (χ1n) is 5.48. The molecule has 0 aromatic carbocycles. The number of aromatic nitrogens is 2. The van der Waals surface area contributed by atoms with Crippen LogP contribution in [0.4, 0.5) is 0 Å². The average Bonchev–Trinajstić information content (AvgIpc) is 2.70. The number of carbonyl (C=O) groups is 1. The molecule has 0 fully saturated rings. The summed E-state index contributed by atoms with van der Waals surface area (Å²) in [4.78, 5) is 11.5. The van der Waals surface area contributed by atoms with Gasteiger partial charge in [0.2, 0.25) is 10.0 Å². The van der Waals surface area contributed by atoms with Gasteiger partial charge in [-0.25, -0.2) is 13.6 Å². The SMILES string of the molecule is CCS(=O)CCNC(=O)c1n[nH]c(C)c1S(N)(=O)=O. The maximum Gasteiger partial charge on any atom is 0.273 e. The van der Waals surface area contributed by atoms with E-state index in [-0.39, 0.29) is 22.8 Å². The molecule has 1 atom stereocenters. The highest BCUT2D eigenvalue weighted by atomic mass is 32.2. The zero-order valence-electron chi connectivity index (χ0n) is 10.6. The van der Waals surface area contributed by atoms with Crippen molar-refractivity contribution in [2.24, 2.45) is 5.14 Å². The number of rotatable bonds is 6. The normalized spacial score (nSPS) is 13.2. The van der Waals surface area contributed by atoms with Gasteiger partial charge in [-0.3, -0.25) is 14.1 Å². The smallest absolute Gasteiger partial charge is 0.273 e. The van der Waals surface area contributed by atoms with E-state index in [9.17, 15) is 17.4 Å². The second-order valence-electron chi connectivity index (χ2n) is 3.76. The number of nitrogens with zero attached hydrogens (tertiary/aromatic N) is 1. The van der Waals surface area contributed by atoms with Gasteiger partial charge in [0.1, 0.15) is 4.90 Å². The maximum absolute atomic E-state index is 11.8. The summed E-state index contributed by atoms with van der Waals surface area (Å²) in [5.41, 5.74) is -0.0768. The number of primary sulfonamides is 1. The minimum absolute atomic E-state index is 0.176. The molecule has 108 valence electrons. The van der Waals surface area contributed by atoms with E-state index in [1.165, 1.54) is 6.92 Å². The average molecular weight is 308 g/mol. The van der Waals surface area contributed by atoms with E-state index in [4.69, 9.17) is 5.14 Å². The monoisotopic (exact) mass is 308 g/mol. The number of amides is 1. The van der Waals surface area contributed by atoms with Crippen LogP contribution in [0.3, 0.4) is 0 Å². The molecule has 0 saturated carbocycles. The van der Waals surface area contributed by atoms with Crippen LogP contribution in [0.2, 0.25) is 0 Å². The Morgan fingerprint density at radius 1 is 1.53 bits per heavy atom. The second-order valence-corrected chi connectivity index (χ2v) is 7.12. The van der Waals surface area contributed by atoms with E-state index < -0.39 is 26.7 Å². The highest BCUT2D eigenvalue weighted by Gasteiger charge is 2.25. The van der Waals surface area contributed by atoms with Crippen molar-refractivity contribution >= 4 is 26.7 Å².